The monoisotopic (exact) mass is 244 g/mol. The van der Waals surface area contributed by atoms with E-state index in [9.17, 15) is 9.18 Å². The number of nitrogens with one attached hydrogen (secondary N) is 2. The fourth-order valence-electron chi connectivity index (χ4n) is 1.75. The molecule has 0 spiro atoms. The average molecular weight is 245 g/mol. The Balaban J connectivity index is 2.29. The van der Waals surface area contributed by atoms with Gasteiger partial charge in [-0.05, 0) is 17.7 Å². The van der Waals surface area contributed by atoms with Gasteiger partial charge < -0.3 is 5.11 Å². The number of aliphatic carboxylic acids is 1. The predicted molar refractivity (Wildman–Crippen MR) is 56.4 cm³/mol. The molecule has 1 aromatic rings. The lowest BCUT2D eigenvalue weighted by atomic mass is 9.95. The third-order valence-corrected chi connectivity index (χ3v) is 2.89. The van der Waals surface area contributed by atoms with Crippen molar-refractivity contribution in [2.24, 2.45) is 5.92 Å². The van der Waals surface area contributed by atoms with Gasteiger partial charge in [-0.2, -0.15) is 0 Å². The molecule has 1 aromatic carbocycles. The van der Waals surface area contributed by atoms with Crippen LogP contribution >= 0.6 is 11.6 Å². The van der Waals surface area contributed by atoms with E-state index in [2.05, 4.69) is 10.9 Å². The van der Waals surface area contributed by atoms with E-state index in [1.54, 1.807) is 0 Å². The predicted octanol–water partition coefficient (Wildman–Crippen LogP) is 1.33. The summed E-state index contributed by atoms with van der Waals surface area (Å²) < 4.78 is 13.0. The van der Waals surface area contributed by atoms with Gasteiger partial charge in [-0.3, -0.25) is 10.2 Å². The van der Waals surface area contributed by atoms with E-state index >= 15 is 0 Å². The van der Waals surface area contributed by atoms with Gasteiger partial charge in [-0.25, -0.2) is 9.82 Å². The Hall–Kier alpha value is -1.17. The Morgan fingerprint density at radius 3 is 2.94 bits per heavy atom. The molecule has 0 aliphatic carbocycles. The maximum atomic E-state index is 13.0. The average Bonchev–Trinajstić information content (AvgIpc) is 2.71. The van der Waals surface area contributed by atoms with E-state index in [1.807, 2.05) is 0 Å². The minimum atomic E-state index is -0.900. The van der Waals surface area contributed by atoms with Crippen molar-refractivity contribution in [3.05, 3.63) is 34.6 Å². The zero-order valence-corrected chi connectivity index (χ0v) is 8.96. The first kappa shape index (κ1) is 11.3. The summed E-state index contributed by atoms with van der Waals surface area (Å²) in [4.78, 5) is 11.0. The molecule has 2 rings (SSSR count). The third-order valence-electron chi connectivity index (χ3n) is 2.60. The van der Waals surface area contributed by atoms with Gasteiger partial charge in [0.05, 0.1) is 17.0 Å². The number of rotatable bonds is 2. The summed E-state index contributed by atoms with van der Waals surface area (Å²) in [5.41, 5.74) is 6.26. The van der Waals surface area contributed by atoms with E-state index in [0.717, 1.165) is 0 Å². The normalized spacial score (nSPS) is 24.6. The first-order valence-electron chi connectivity index (χ1n) is 4.75. The molecule has 1 fully saturated rings. The van der Waals surface area contributed by atoms with Crippen molar-refractivity contribution in [1.82, 2.24) is 10.9 Å². The van der Waals surface area contributed by atoms with Crippen LogP contribution in [0.1, 0.15) is 11.6 Å². The first-order valence-corrected chi connectivity index (χ1v) is 5.13. The number of carboxylic acids is 1. The Kier molecular flexibility index (Phi) is 3.09. The molecule has 0 bridgehead atoms. The molecular weight excluding hydrogens is 235 g/mol. The topological polar surface area (TPSA) is 61.4 Å². The maximum absolute atomic E-state index is 13.0. The molecule has 1 aliphatic rings. The highest BCUT2D eigenvalue weighted by molar-refractivity contribution is 6.30. The molecule has 16 heavy (non-hydrogen) atoms. The van der Waals surface area contributed by atoms with Crippen LogP contribution in [0.2, 0.25) is 5.02 Å². The van der Waals surface area contributed by atoms with Gasteiger partial charge in [-0.1, -0.05) is 17.7 Å². The molecule has 6 heteroatoms. The summed E-state index contributed by atoms with van der Waals surface area (Å²) in [6.07, 6.45) is 0. The molecule has 2 atom stereocenters. The van der Waals surface area contributed by atoms with Crippen LogP contribution in [0.4, 0.5) is 4.39 Å². The van der Waals surface area contributed by atoms with Crippen LogP contribution < -0.4 is 10.9 Å². The van der Waals surface area contributed by atoms with Crippen molar-refractivity contribution in [2.45, 2.75) is 6.04 Å². The fraction of sp³-hybridized carbons (Fsp3) is 0.300. The molecule has 1 saturated heterocycles. The molecule has 2 unspecified atom stereocenters. The van der Waals surface area contributed by atoms with E-state index in [4.69, 9.17) is 16.7 Å². The molecule has 4 nitrogen and oxygen atoms in total. The smallest absolute Gasteiger partial charge is 0.309 e. The Labute approximate surface area is 96.4 Å². The summed E-state index contributed by atoms with van der Waals surface area (Å²) in [5.74, 6) is -1.99. The fourth-order valence-corrected chi connectivity index (χ4v) is 1.94. The highest BCUT2D eigenvalue weighted by atomic mass is 35.5. The van der Waals surface area contributed by atoms with Crippen LogP contribution in [0.25, 0.3) is 0 Å². The number of hydrazine groups is 1. The number of carboxylic acid groups (broad SMARTS) is 1. The molecule has 0 aromatic heterocycles. The second-order valence-corrected chi connectivity index (χ2v) is 4.03. The first-order chi connectivity index (χ1) is 7.59. The van der Waals surface area contributed by atoms with Crippen LogP contribution in [0.5, 0.6) is 0 Å². The molecule has 0 amide bonds. The molecule has 0 radical (unpaired) electrons. The number of halogens is 2. The zero-order chi connectivity index (χ0) is 11.7. The number of hydrogen-bond acceptors (Lipinski definition) is 3. The minimum absolute atomic E-state index is 0.00432. The standard InChI is InChI=1S/C10H10ClFN2O2/c11-7-3-5(1-2-8(7)12)9-6(10(15)16)4-13-14-9/h1-3,6,9,13-14H,4H2,(H,15,16). The van der Waals surface area contributed by atoms with Gasteiger partial charge in [0, 0.05) is 6.54 Å². The summed E-state index contributed by atoms with van der Waals surface area (Å²) in [6, 6.07) is 3.81. The second kappa shape index (κ2) is 4.37. The van der Waals surface area contributed by atoms with Crippen LogP contribution in [-0.4, -0.2) is 17.6 Å². The van der Waals surface area contributed by atoms with Gasteiger partial charge in [0.2, 0.25) is 0 Å². The van der Waals surface area contributed by atoms with Crippen molar-refractivity contribution in [2.75, 3.05) is 6.54 Å². The van der Waals surface area contributed by atoms with Gasteiger partial charge in [0.1, 0.15) is 5.82 Å². The van der Waals surface area contributed by atoms with E-state index in [-0.39, 0.29) is 5.02 Å². The van der Waals surface area contributed by atoms with Crippen molar-refractivity contribution in [1.29, 1.82) is 0 Å². The Bertz CT molecular complexity index is 427. The quantitative estimate of drug-likeness (QED) is 0.735. The van der Waals surface area contributed by atoms with Crippen molar-refractivity contribution in [3.63, 3.8) is 0 Å². The zero-order valence-electron chi connectivity index (χ0n) is 8.21. The Morgan fingerprint density at radius 2 is 2.31 bits per heavy atom. The highest BCUT2D eigenvalue weighted by Gasteiger charge is 2.33. The highest BCUT2D eigenvalue weighted by Crippen LogP contribution is 2.27. The summed E-state index contributed by atoms with van der Waals surface area (Å²) in [7, 11) is 0. The summed E-state index contributed by atoms with van der Waals surface area (Å²) >= 11 is 5.65. The third kappa shape index (κ3) is 2.02. The lowest BCUT2D eigenvalue weighted by Gasteiger charge is -2.15. The lowest BCUT2D eigenvalue weighted by Crippen LogP contribution is -2.26. The Morgan fingerprint density at radius 1 is 1.56 bits per heavy atom. The van der Waals surface area contributed by atoms with Gasteiger partial charge in [0.15, 0.2) is 0 Å². The number of carbonyl (C=O) groups is 1. The van der Waals surface area contributed by atoms with Crippen LogP contribution in [-0.2, 0) is 4.79 Å². The van der Waals surface area contributed by atoms with Gasteiger partial charge >= 0.3 is 5.97 Å². The molecule has 0 saturated carbocycles. The molecule has 1 aliphatic heterocycles. The maximum Gasteiger partial charge on any atom is 0.309 e. The second-order valence-electron chi connectivity index (χ2n) is 3.62. The van der Waals surface area contributed by atoms with Crippen LogP contribution in [0, 0.1) is 11.7 Å². The van der Waals surface area contributed by atoms with Crippen molar-refractivity contribution < 1.29 is 14.3 Å². The lowest BCUT2D eigenvalue weighted by molar-refractivity contribution is -0.141. The minimum Gasteiger partial charge on any atom is -0.481 e. The number of benzene rings is 1. The molecular formula is C10H10ClFN2O2. The largest absolute Gasteiger partial charge is 0.481 e. The molecule has 86 valence electrons. The molecule has 1 heterocycles. The van der Waals surface area contributed by atoms with E-state index in [0.29, 0.717) is 12.1 Å². The van der Waals surface area contributed by atoms with E-state index in [1.165, 1.54) is 18.2 Å². The van der Waals surface area contributed by atoms with Crippen molar-refractivity contribution >= 4 is 17.6 Å². The molecule has 3 N–H and O–H groups in total. The number of hydrogen-bond donors (Lipinski definition) is 3. The summed E-state index contributed by atoms with van der Waals surface area (Å²) in [5, 5.41) is 8.98. The SMILES string of the molecule is O=C(O)C1CNNC1c1ccc(F)c(Cl)c1. The van der Waals surface area contributed by atoms with E-state index < -0.39 is 23.7 Å². The summed E-state index contributed by atoms with van der Waals surface area (Å²) in [6.45, 7) is 0.328. The van der Waals surface area contributed by atoms with Crippen LogP contribution in [0.15, 0.2) is 18.2 Å². The van der Waals surface area contributed by atoms with Gasteiger partial charge in [-0.15, -0.1) is 0 Å². The van der Waals surface area contributed by atoms with Crippen LogP contribution in [0.3, 0.4) is 0 Å². The van der Waals surface area contributed by atoms with Gasteiger partial charge in [0.25, 0.3) is 0 Å². The van der Waals surface area contributed by atoms with Crippen molar-refractivity contribution in [3.8, 4) is 0 Å².